The van der Waals surface area contributed by atoms with Crippen molar-refractivity contribution in [1.82, 2.24) is 9.47 Å². The fourth-order valence-electron chi connectivity index (χ4n) is 3.54. The predicted octanol–water partition coefficient (Wildman–Crippen LogP) is 6.83. The minimum absolute atomic E-state index is 0.114. The molecule has 3 aromatic rings. The number of amides is 2. The van der Waals surface area contributed by atoms with E-state index in [-0.39, 0.29) is 17.2 Å². The molecule has 0 spiro atoms. The second-order valence-corrected chi connectivity index (χ2v) is 9.11. The van der Waals surface area contributed by atoms with E-state index in [1.54, 1.807) is 6.07 Å². The third kappa shape index (κ3) is 3.89. The Morgan fingerprint density at radius 1 is 1.13 bits per heavy atom. The number of fused-ring (bicyclic) bond motifs is 1. The van der Waals surface area contributed by atoms with Crippen LogP contribution in [0.3, 0.4) is 0 Å². The molecule has 0 radical (unpaired) electrons. The molecule has 1 aliphatic heterocycles. The Labute approximate surface area is 189 Å². The van der Waals surface area contributed by atoms with Crippen LogP contribution in [0.5, 0.6) is 0 Å². The Bertz CT molecular complexity index is 1190. The number of halogens is 2. The van der Waals surface area contributed by atoms with Crippen molar-refractivity contribution in [3.05, 3.63) is 74.7 Å². The molecule has 2 heterocycles. The van der Waals surface area contributed by atoms with Crippen LogP contribution >= 0.6 is 35.0 Å². The van der Waals surface area contributed by atoms with Gasteiger partial charge in [0.15, 0.2) is 0 Å². The average molecular weight is 459 g/mol. The average Bonchev–Trinajstić information content (AvgIpc) is 3.21. The number of hydrogen-bond acceptors (Lipinski definition) is 3. The maximum atomic E-state index is 12.8. The lowest BCUT2D eigenvalue weighted by molar-refractivity contribution is -0.124. The summed E-state index contributed by atoms with van der Waals surface area (Å²) in [7, 11) is 0. The molecule has 4 nitrogen and oxygen atoms in total. The van der Waals surface area contributed by atoms with Crippen LogP contribution < -0.4 is 0 Å². The number of para-hydroxylation sites is 1. The molecule has 4 rings (SSSR count). The van der Waals surface area contributed by atoms with Crippen molar-refractivity contribution in [2.75, 3.05) is 0 Å². The van der Waals surface area contributed by atoms with E-state index >= 15 is 0 Å². The molecule has 154 valence electrons. The van der Waals surface area contributed by atoms with Gasteiger partial charge in [0, 0.05) is 45.3 Å². The Hall–Kier alpha value is -2.21. The van der Waals surface area contributed by atoms with Gasteiger partial charge in [-0.2, -0.15) is 0 Å². The highest BCUT2D eigenvalue weighted by Gasteiger charge is 2.37. The van der Waals surface area contributed by atoms with Crippen molar-refractivity contribution in [3.8, 4) is 0 Å². The van der Waals surface area contributed by atoms with E-state index in [1.807, 2.05) is 62.5 Å². The standard InChI is InChI=1S/C23H20Cl2N2O2S/c1-3-14(2)27-22(28)21(30-23(27)29)10-16-13-26(20-7-5-4-6-18(16)20)12-15-8-9-17(24)11-19(15)25/h4-11,13-14H,3,12H2,1-2H3/b21-10+/t14-/m1/s1. The van der Waals surface area contributed by atoms with E-state index in [9.17, 15) is 9.59 Å². The monoisotopic (exact) mass is 458 g/mol. The minimum atomic E-state index is -0.225. The van der Waals surface area contributed by atoms with Gasteiger partial charge in [-0.05, 0) is 54.9 Å². The number of carbonyl (C=O) groups excluding carboxylic acids is 2. The molecule has 1 atom stereocenters. The Kier molecular flexibility index (Phi) is 5.96. The highest BCUT2D eigenvalue weighted by Crippen LogP contribution is 2.36. The highest BCUT2D eigenvalue weighted by molar-refractivity contribution is 8.18. The fraction of sp³-hybridized carbons (Fsp3) is 0.217. The summed E-state index contributed by atoms with van der Waals surface area (Å²) >= 11 is 13.4. The van der Waals surface area contributed by atoms with Gasteiger partial charge in [-0.15, -0.1) is 0 Å². The van der Waals surface area contributed by atoms with Crippen molar-refractivity contribution in [2.24, 2.45) is 0 Å². The number of hydrogen-bond donors (Lipinski definition) is 0. The summed E-state index contributed by atoms with van der Waals surface area (Å²) in [5.74, 6) is -0.225. The van der Waals surface area contributed by atoms with Crippen LogP contribution in [0.4, 0.5) is 4.79 Å². The first kappa shape index (κ1) is 21.0. The van der Waals surface area contributed by atoms with Crippen LogP contribution in [0.2, 0.25) is 10.0 Å². The van der Waals surface area contributed by atoms with E-state index in [0.29, 0.717) is 21.5 Å². The summed E-state index contributed by atoms with van der Waals surface area (Å²) < 4.78 is 2.09. The van der Waals surface area contributed by atoms with Crippen LogP contribution in [0.15, 0.2) is 53.6 Å². The van der Waals surface area contributed by atoms with E-state index in [4.69, 9.17) is 23.2 Å². The molecule has 1 saturated heterocycles. The summed E-state index contributed by atoms with van der Waals surface area (Å²) in [5.41, 5.74) is 2.87. The molecule has 0 unspecified atom stereocenters. The summed E-state index contributed by atoms with van der Waals surface area (Å²) in [6.45, 7) is 4.42. The highest BCUT2D eigenvalue weighted by atomic mass is 35.5. The Morgan fingerprint density at radius 3 is 2.63 bits per heavy atom. The third-order valence-corrected chi connectivity index (χ3v) is 6.79. The van der Waals surface area contributed by atoms with Gasteiger partial charge >= 0.3 is 0 Å². The smallest absolute Gasteiger partial charge is 0.293 e. The van der Waals surface area contributed by atoms with Gasteiger partial charge in [-0.25, -0.2) is 0 Å². The number of carbonyl (C=O) groups is 2. The minimum Gasteiger partial charge on any atom is -0.342 e. The number of benzene rings is 2. The molecule has 2 aromatic carbocycles. The normalized spacial score (nSPS) is 16.8. The summed E-state index contributed by atoms with van der Waals surface area (Å²) in [4.78, 5) is 27.0. The van der Waals surface area contributed by atoms with Crippen LogP contribution in [0, 0.1) is 0 Å². The number of imide groups is 1. The lowest BCUT2D eigenvalue weighted by Crippen LogP contribution is -2.36. The molecular formula is C23H20Cl2N2O2S. The molecule has 0 aliphatic carbocycles. The van der Waals surface area contributed by atoms with Crippen molar-refractivity contribution >= 4 is 63.1 Å². The maximum absolute atomic E-state index is 12.8. The third-order valence-electron chi connectivity index (χ3n) is 5.32. The summed E-state index contributed by atoms with van der Waals surface area (Å²) in [6, 6.07) is 13.3. The summed E-state index contributed by atoms with van der Waals surface area (Å²) in [5, 5.41) is 2.01. The molecule has 0 bridgehead atoms. The van der Waals surface area contributed by atoms with Gasteiger partial charge in [0.1, 0.15) is 0 Å². The molecule has 1 aliphatic rings. The van der Waals surface area contributed by atoms with Crippen molar-refractivity contribution in [2.45, 2.75) is 32.9 Å². The van der Waals surface area contributed by atoms with Gasteiger partial charge in [0.2, 0.25) is 0 Å². The Balaban J connectivity index is 1.73. The van der Waals surface area contributed by atoms with E-state index in [2.05, 4.69) is 4.57 Å². The first-order valence-corrected chi connectivity index (χ1v) is 11.2. The second-order valence-electron chi connectivity index (χ2n) is 7.27. The van der Waals surface area contributed by atoms with Crippen molar-refractivity contribution in [3.63, 3.8) is 0 Å². The largest absolute Gasteiger partial charge is 0.342 e. The topological polar surface area (TPSA) is 42.3 Å². The lowest BCUT2D eigenvalue weighted by atomic mass is 10.1. The zero-order valence-corrected chi connectivity index (χ0v) is 18.9. The van der Waals surface area contributed by atoms with Crippen LogP contribution in [-0.2, 0) is 11.3 Å². The van der Waals surface area contributed by atoms with Crippen molar-refractivity contribution in [1.29, 1.82) is 0 Å². The molecular weight excluding hydrogens is 439 g/mol. The number of rotatable bonds is 5. The molecule has 7 heteroatoms. The van der Waals surface area contributed by atoms with E-state index in [1.165, 1.54) is 4.90 Å². The maximum Gasteiger partial charge on any atom is 0.293 e. The molecule has 2 amide bonds. The number of aromatic nitrogens is 1. The van der Waals surface area contributed by atoms with E-state index < -0.39 is 0 Å². The number of thioether (sulfide) groups is 1. The van der Waals surface area contributed by atoms with Crippen LogP contribution in [-0.4, -0.2) is 26.7 Å². The quantitative estimate of drug-likeness (QED) is 0.393. The van der Waals surface area contributed by atoms with E-state index in [0.717, 1.165) is 40.2 Å². The van der Waals surface area contributed by atoms with Gasteiger partial charge < -0.3 is 4.57 Å². The first-order valence-electron chi connectivity index (χ1n) is 9.68. The predicted molar refractivity (Wildman–Crippen MR) is 125 cm³/mol. The lowest BCUT2D eigenvalue weighted by Gasteiger charge is -2.19. The molecule has 30 heavy (non-hydrogen) atoms. The molecule has 1 aromatic heterocycles. The zero-order chi connectivity index (χ0) is 21.4. The van der Waals surface area contributed by atoms with Gasteiger partial charge in [0.25, 0.3) is 11.1 Å². The first-order chi connectivity index (χ1) is 14.4. The second kappa shape index (κ2) is 8.50. The fourth-order valence-corrected chi connectivity index (χ4v) is 4.93. The van der Waals surface area contributed by atoms with Gasteiger partial charge in [0.05, 0.1) is 4.91 Å². The van der Waals surface area contributed by atoms with Crippen LogP contribution in [0.1, 0.15) is 31.4 Å². The zero-order valence-electron chi connectivity index (χ0n) is 16.6. The number of nitrogens with zero attached hydrogens (tertiary/aromatic N) is 2. The SMILES string of the molecule is CC[C@@H](C)N1C(=O)S/C(=C/c2cn(Cc3ccc(Cl)cc3Cl)c3ccccc23)C1=O. The summed E-state index contributed by atoms with van der Waals surface area (Å²) in [6.07, 6.45) is 4.54. The molecule has 1 fully saturated rings. The molecule has 0 saturated carbocycles. The van der Waals surface area contributed by atoms with Crippen molar-refractivity contribution < 1.29 is 9.59 Å². The van der Waals surface area contributed by atoms with Gasteiger partial charge in [-0.1, -0.05) is 54.4 Å². The Morgan fingerprint density at radius 2 is 1.90 bits per heavy atom. The molecule has 0 N–H and O–H groups in total. The van der Waals surface area contributed by atoms with Gasteiger partial charge in [-0.3, -0.25) is 14.5 Å². The van der Waals surface area contributed by atoms with Crippen LogP contribution in [0.25, 0.3) is 17.0 Å².